The molecule has 4 aromatic rings. The van der Waals surface area contributed by atoms with E-state index in [1.165, 1.54) is 11.3 Å². The summed E-state index contributed by atoms with van der Waals surface area (Å²) in [5, 5.41) is 7.29. The van der Waals surface area contributed by atoms with Crippen molar-refractivity contribution in [2.24, 2.45) is 0 Å². The molecule has 28 heavy (non-hydrogen) atoms. The fourth-order valence-electron chi connectivity index (χ4n) is 2.90. The Morgan fingerprint density at radius 2 is 1.86 bits per heavy atom. The van der Waals surface area contributed by atoms with E-state index >= 15 is 0 Å². The number of carbonyl (C=O) groups is 1. The Labute approximate surface area is 182 Å². The molecule has 1 aromatic heterocycles. The summed E-state index contributed by atoms with van der Waals surface area (Å²) < 4.78 is 7.27. The van der Waals surface area contributed by atoms with E-state index in [0.29, 0.717) is 16.4 Å². The zero-order valence-corrected chi connectivity index (χ0v) is 18.7. The van der Waals surface area contributed by atoms with E-state index in [2.05, 4.69) is 42.2 Å². The van der Waals surface area contributed by atoms with Gasteiger partial charge in [-0.25, -0.2) is 4.98 Å². The molecule has 140 valence electrons. The van der Waals surface area contributed by atoms with Crippen LogP contribution in [0.15, 0.2) is 68.9 Å². The van der Waals surface area contributed by atoms with Crippen LogP contribution in [0.3, 0.4) is 0 Å². The highest BCUT2D eigenvalue weighted by Crippen LogP contribution is 2.37. The van der Waals surface area contributed by atoms with Gasteiger partial charge < -0.3 is 4.74 Å². The molecular weight excluding hydrogens is 504 g/mol. The molecule has 0 aliphatic heterocycles. The van der Waals surface area contributed by atoms with Gasteiger partial charge in [0.05, 0.1) is 22.8 Å². The number of nitrogens with zero attached hydrogens (tertiary/aromatic N) is 1. The SMILES string of the molecule is COc1c(C(=O)Nc2nc(-c3ccc(Br)cc3)cs2)cc2ccccc2c1Br. The summed E-state index contributed by atoms with van der Waals surface area (Å²) in [4.78, 5) is 17.5. The van der Waals surface area contributed by atoms with Gasteiger partial charge in [-0.05, 0) is 44.9 Å². The molecule has 1 N–H and O–H groups in total. The second-order valence-corrected chi connectivity index (χ2v) is 8.56. The number of amides is 1. The Hall–Kier alpha value is -2.22. The van der Waals surface area contributed by atoms with Crippen molar-refractivity contribution in [2.75, 3.05) is 12.4 Å². The fraction of sp³-hybridized carbons (Fsp3) is 0.0476. The number of carbonyl (C=O) groups excluding carboxylic acids is 1. The molecule has 0 aliphatic rings. The van der Waals surface area contributed by atoms with Crippen LogP contribution < -0.4 is 10.1 Å². The molecule has 0 fully saturated rings. The van der Waals surface area contributed by atoms with Crippen LogP contribution in [0.4, 0.5) is 5.13 Å². The fourth-order valence-corrected chi connectivity index (χ4v) is 4.62. The topological polar surface area (TPSA) is 51.2 Å². The summed E-state index contributed by atoms with van der Waals surface area (Å²) in [6.07, 6.45) is 0. The van der Waals surface area contributed by atoms with E-state index in [-0.39, 0.29) is 5.91 Å². The lowest BCUT2D eigenvalue weighted by Gasteiger charge is -2.12. The number of anilines is 1. The third kappa shape index (κ3) is 3.70. The van der Waals surface area contributed by atoms with Gasteiger partial charge >= 0.3 is 0 Å². The molecule has 0 saturated heterocycles. The minimum Gasteiger partial charge on any atom is -0.495 e. The monoisotopic (exact) mass is 516 g/mol. The number of hydrogen-bond donors (Lipinski definition) is 1. The highest BCUT2D eigenvalue weighted by atomic mass is 79.9. The lowest BCUT2D eigenvalue weighted by Crippen LogP contribution is -2.13. The van der Waals surface area contributed by atoms with Crippen LogP contribution >= 0.6 is 43.2 Å². The maximum atomic E-state index is 12.9. The number of fused-ring (bicyclic) bond motifs is 1. The molecular formula is C21H14Br2N2O2S. The zero-order valence-electron chi connectivity index (χ0n) is 14.7. The summed E-state index contributed by atoms with van der Waals surface area (Å²) in [5.74, 6) is 0.237. The van der Waals surface area contributed by atoms with E-state index in [0.717, 1.165) is 31.0 Å². The van der Waals surface area contributed by atoms with Crippen molar-refractivity contribution >= 4 is 65.0 Å². The van der Waals surface area contributed by atoms with Crippen molar-refractivity contribution in [1.29, 1.82) is 0 Å². The van der Waals surface area contributed by atoms with Crippen LogP contribution in [0.5, 0.6) is 5.75 Å². The second-order valence-electron chi connectivity index (χ2n) is 5.99. The first kappa shape index (κ1) is 19.1. The Balaban J connectivity index is 1.65. The van der Waals surface area contributed by atoms with Crippen LogP contribution in [0.25, 0.3) is 22.0 Å². The lowest BCUT2D eigenvalue weighted by atomic mass is 10.1. The smallest absolute Gasteiger partial charge is 0.261 e. The maximum absolute atomic E-state index is 12.9. The predicted octanol–water partition coefficient (Wildman–Crippen LogP) is 6.75. The summed E-state index contributed by atoms with van der Waals surface area (Å²) in [5.41, 5.74) is 2.26. The number of halogens is 2. The molecule has 0 saturated carbocycles. The predicted molar refractivity (Wildman–Crippen MR) is 121 cm³/mol. The zero-order chi connectivity index (χ0) is 19.7. The van der Waals surface area contributed by atoms with Crippen molar-refractivity contribution in [2.45, 2.75) is 0 Å². The quantitative estimate of drug-likeness (QED) is 0.325. The van der Waals surface area contributed by atoms with Gasteiger partial charge in [0.1, 0.15) is 5.75 Å². The van der Waals surface area contributed by atoms with Crippen LogP contribution in [0.2, 0.25) is 0 Å². The van der Waals surface area contributed by atoms with Crippen molar-refractivity contribution in [3.63, 3.8) is 0 Å². The molecule has 0 aliphatic carbocycles. The molecule has 4 rings (SSSR count). The number of thiazole rings is 1. The number of benzene rings is 3. The van der Waals surface area contributed by atoms with E-state index in [4.69, 9.17) is 4.74 Å². The molecule has 4 nitrogen and oxygen atoms in total. The standard InChI is InChI=1S/C21H14Br2N2O2S/c1-27-19-16(10-13-4-2-3-5-15(13)18(19)23)20(26)25-21-24-17(11-28-21)12-6-8-14(22)9-7-12/h2-11H,1H3,(H,24,25,26). The Morgan fingerprint density at radius 3 is 2.61 bits per heavy atom. The van der Waals surface area contributed by atoms with Crippen LogP contribution in [0.1, 0.15) is 10.4 Å². The third-order valence-electron chi connectivity index (χ3n) is 4.25. The first-order valence-electron chi connectivity index (χ1n) is 8.35. The largest absolute Gasteiger partial charge is 0.495 e. The molecule has 1 amide bonds. The number of ether oxygens (including phenoxy) is 1. The van der Waals surface area contributed by atoms with Gasteiger partial charge in [0.15, 0.2) is 5.13 Å². The minimum absolute atomic E-state index is 0.264. The molecule has 0 atom stereocenters. The van der Waals surface area contributed by atoms with Crippen LogP contribution in [0, 0.1) is 0 Å². The van der Waals surface area contributed by atoms with Gasteiger partial charge in [-0.3, -0.25) is 10.1 Å². The molecule has 0 unspecified atom stereocenters. The van der Waals surface area contributed by atoms with Crippen LogP contribution in [-0.2, 0) is 0 Å². The lowest BCUT2D eigenvalue weighted by molar-refractivity contribution is 0.102. The molecule has 1 heterocycles. The van der Waals surface area contributed by atoms with Gasteiger partial charge in [0.2, 0.25) is 0 Å². The highest BCUT2D eigenvalue weighted by Gasteiger charge is 2.19. The molecule has 0 spiro atoms. The minimum atomic E-state index is -0.264. The van der Waals surface area contributed by atoms with Gasteiger partial charge in [-0.2, -0.15) is 0 Å². The van der Waals surface area contributed by atoms with E-state index in [9.17, 15) is 4.79 Å². The van der Waals surface area contributed by atoms with E-state index < -0.39 is 0 Å². The number of aromatic nitrogens is 1. The van der Waals surface area contributed by atoms with Crippen molar-refractivity contribution in [3.05, 3.63) is 74.5 Å². The normalized spacial score (nSPS) is 10.8. The Bertz CT molecular complexity index is 1170. The van der Waals surface area contributed by atoms with Gasteiger partial charge in [-0.1, -0.05) is 52.3 Å². The summed E-state index contributed by atoms with van der Waals surface area (Å²) in [7, 11) is 1.56. The summed E-state index contributed by atoms with van der Waals surface area (Å²) in [6.45, 7) is 0. The average Bonchev–Trinajstić information content (AvgIpc) is 3.17. The molecule has 0 bridgehead atoms. The summed E-state index contributed by atoms with van der Waals surface area (Å²) >= 11 is 8.38. The second kappa shape index (κ2) is 8.03. The van der Waals surface area contributed by atoms with Crippen molar-refractivity contribution < 1.29 is 9.53 Å². The molecule has 0 radical (unpaired) electrons. The van der Waals surface area contributed by atoms with Crippen molar-refractivity contribution in [3.8, 4) is 17.0 Å². The van der Waals surface area contributed by atoms with Gasteiger partial charge in [-0.15, -0.1) is 11.3 Å². The number of nitrogens with one attached hydrogen (secondary N) is 1. The van der Waals surface area contributed by atoms with Crippen molar-refractivity contribution in [1.82, 2.24) is 4.98 Å². The molecule has 3 aromatic carbocycles. The first-order valence-corrected chi connectivity index (χ1v) is 10.8. The number of hydrogen-bond acceptors (Lipinski definition) is 4. The number of methoxy groups -OCH3 is 1. The van der Waals surface area contributed by atoms with Crippen LogP contribution in [-0.4, -0.2) is 18.0 Å². The Morgan fingerprint density at radius 1 is 1.11 bits per heavy atom. The van der Waals surface area contributed by atoms with Gasteiger partial charge in [0, 0.05) is 15.4 Å². The third-order valence-corrected chi connectivity index (χ3v) is 6.33. The van der Waals surface area contributed by atoms with Gasteiger partial charge in [0.25, 0.3) is 5.91 Å². The maximum Gasteiger partial charge on any atom is 0.261 e. The molecule has 7 heteroatoms. The first-order chi connectivity index (χ1) is 13.6. The highest BCUT2D eigenvalue weighted by molar-refractivity contribution is 9.11. The Kier molecular flexibility index (Phi) is 5.48. The van der Waals surface area contributed by atoms with E-state index in [1.807, 2.05) is 60.0 Å². The average molecular weight is 518 g/mol. The van der Waals surface area contributed by atoms with E-state index in [1.54, 1.807) is 7.11 Å². The summed E-state index contributed by atoms with van der Waals surface area (Å²) in [6, 6.07) is 17.6. The number of rotatable bonds is 4.